The smallest absolute Gasteiger partial charge is 0.261 e. The number of carbonyl (C=O) groups excluding carboxylic acids is 1. The second kappa shape index (κ2) is 5.58. The van der Waals surface area contributed by atoms with Crippen molar-refractivity contribution in [1.82, 2.24) is 5.32 Å². The minimum atomic E-state index is -0.0169. The van der Waals surface area contributed by atoms with Crippen LogP contribution in [0.15, 0.2) is 30.3 Å². The molecule has 1 amide bonds. The van der Waals surface area contributed by atoms with E-state index in [1.54, 1.807) is 11.3 Å². The van der Waals surface area contributed by atoms with E-state index < -0.39 is 0 Å². The number of thiophene rings is 1. The third-order valence-electron chi connectivity index (χ3n) is 3.69. The summed E-state index contributed by atoms with van der Waals surface area (Å²) in [7, 11) is 0. The van der Waals surface area contributed by atoms with Gasteiger partial charge in [-0.2, -0.15) is 0 Å². The van der Waals surface area contributed by atoms with Crippen molar-refractivity contribution in [3.05, 3.63) is 56.2 Å². The van der Waals surface area contributed by atoms with E-state index in [1.807, 2.05) is 31.2 Å². The first-order valence-corrected chi connectivity index (χ1v) is 8.01. The van der Waals surface area contributed by atoms with Crippen LogP contribution in [0.1, 0.15) is 45.1 Å². The van der Waals surface area contributed by atoms with Crippen LogP contribution in [0.4, 0.5) is 0 Å². The van der Waals surface area contributed by atoms with Gasteiger partial charge in [0, 0.05) is 9.90 Å². The highest BCUT2D eigenvalue weighted by atomic mass is 35.5. The average molecular weight is 306 g/mol. The quantitative estimate of drug-likeness (QED) is 0.895. The van der Waals surface area contributed by atoms with Crippen LogP contribution in [-0.4, -0.2) is 5.91 Å². The van der Waals surface area contributed by atoms with Crippen molar-refractivity contribution in [3.63, 3.8) is 0 Å². The predicted molar refractivity (Wildman–Crippen MR) is 83.7 cm³/mol. The van der Waals surface area contributed by atoms with E-state index in [2.05, 4.69) is 11.4 Å². The van der Waals surface area contributed by atoms with Crippen molar-refractivity contribution in [3.8, 4) is 0 Å². The zero-order valence-corrected chi connectivity index (χ0v) is 12.9. The summed E-state index contributed by atoms with van der Waals surface area (Å²) in [5, 5.41) is 3.76. The van der Waals surface area contributed by atoms with Gasteiger partial charge in [0.05, 0.1) is 10.9 Å². The SMILES string of the molecule is C[C@@H](NC(=O)c1cc2c(s1)CCC2)c1ccc(Cl)cc1. The van der Waals surface area contributed by atoms with Crippen LogP contribution in [0, 0.1) is 0 Å². The van der Waals surface area contributed by atoms with Gasteiger partial charge in [-0.25, -0.2) is 0 Å². The number of rotatable bonds is 3. The number of hydrogen-bond donors (Lipinski definition) is 1. The molecule has 104 valence electrons. The Bertz CT molecular complexity index is 611. The van der Waals surface area contributed by atoms with Gasteiger partial charge >= 0.3 is 0 Å². The fourth-order valence-corrected chi connectivity index (χ4v) is 3.83. The van der Waals surface area contributed by atoms with E-state index in [9.17, 15) is 4.79 Å². The first-order valence-electron chi connectivity index (χ1n) is 6.81. The molecule has 1 aliphatic rings. The molecular weight excluding hydrogens is 290 g/mol. The molecule has 1 aromatic heterocycles. The fourth-order valence-electron chi connectivity index (χ4n) is 2.54. The molecule has 0 aliphatic heterocycles. The van der Waals surface area contributed by atoms with Crippen LogP contribution < -0.4 is 5.32 Å². The Kier molecular flexibility index (Phi) is 3.81. The Balaban J connectivity index is 1.70. The molecule has 0 unspecified atom stereocenters. The lowest BCUT2D eigenvalue weighted by Gasteiger charge is -2.13. The van der Waals surface area contributed by atoms with Crippen LogP contribution in [0.25, 0.3) is 0 Å². The van der Waals surface area contributed by atoms with Crippen molar-refractivity contribution in [1.29, 1.82) is 0 Å². The molecule has 0 saturated carbocycles. The number of amides is 1. The first kappa shape index (κ1) is 13.7. The minimum Gasteiger partial charge on any atom is -0.345 e. The maximum Gasteiger partial charge on any atom is 0.261 e. The predicted octanol–water partition coefficient (Wildman–Crippen LogP) is 4.38. The Morgan fingerprint density at radius 2 is 2.05 bits per heavy atom. The second-order valence-electron chi connectivity index (χ2n) is 5.16. The lowest BCUT2D eigenvalue weighted by Crippen LogP contribution is -2.25. The number of carbonyl (C=O) groups is 1. The first-order chi connectivity index (χ1) is 9.63. The highest BCUT2D eigenvalue weighted by Crippen LogP contribution is 2.30. The third kappa shape index (κ3) is 2.74. The Morgan fingerprint density at radius 3 is 2.75 bits per heavy atom. The molecule has 0 fully saturated rings. The van der Waals surface area contributed by atoms with Crippen LogP contribution in [-0.2, 0) is 12.8 Å². The number of aryl methyl sites for hydroxylation is 2. The number of halogens is 1. The van der Waals surface area contributed by atoms with Gasteiger partial charge in [-0.05, 0) is 55.5 Å². The Hall–Kier alpha value is -1.32. The number of hydrogen-bond acceptors (Lipinski definition) is 2. The zero-order valence-electron chi connectivity index (χ0n) is 11.3. The maximum atomic E-state index is 12.3. The molecule has 2 nitrogen and oxygen atoms in total. The summed E-state index contributed by atoms with van der Waals surface area (Å²) >= 11 is 7.51. The number of nitrogens with one attached hydrogen (secondary N) is 1. The number of benzene rings is 1. The lowest BCUT2D eigenvalue weighted by molar-refractivity contribution is 0.0944. The van der Waals surface area contributed by atoms with Crippen LogP contribution in [0.2, 0.25) is 5.02 Å². The standard InChI is InChI=1S/C16H16ClNOS/c1-10(11-5-7-13(17)8-6-11)18-16(19)15-9-12-3-2-4-14(12)20-15/h5-10H,2-4H2,1H3,(H,18,19)/t10-/m1/s1. The molecule has 1 atom stereocenters. The van der Waals surface area contributed by atoms with Crippen LogP contribution in [0.3, 0.4) is 0 Å². The molecule has 20 heavy (non-hydrogen) atoms. The molecule has 0 bridgehead atoms. The normalized spacial score (nSPS) is 14.9. The molecule has 1 aliphatic carbocycles. The highest BCUT2D eigenvalue weighted by Gasteiger charge is 2.19. The molecule has 3 rings (SSSR count). The molecule has 1 heterocycles. The molecule has 4 heteroatoms. The molecule has 0 saturated heterocycles. The minimum absolute atomic E-state index is 0.0169. The fraction of sp³-hybridized carbons (Fsp3) is 0.312. The van der Waals surface area contributed by atoms with Gasteiger partial charge < -0.3 is 5.32 Å². The van der Waals surface area contributed by atoms with E-state index in [0.717, 1.165) is 23.3 Å². The monoisotopic (exact) mass is 305 g/mol. The van der Waals surface area contributed by atoms with Gasteiger partial charge in [-0.3, -0.25) is 4.79 Å². The lowest BCUT2D eigenvalue weighted by atomic mass is 10.1. The Morgan fingerprint density at radius 1 is 1.30 bits per heavy atom. The van der Waals surface area contributed by atoms with E-state index >= 15 is 0 Å². The van der Waals surface area contributed by atoms with Crippen LogP contribution >= 0.6 is 22.9 Å². The molecule has 1 N–H and O–H groups in total. The van der Waals surface area contributed by atoms with Gasteiger partial charge in [0.15, 0.2) is 0 Å². The summed E-state index contributed by atoms with van der Waals surface area (Å²) in [6, 6.07) is 9.62. The van der Waals surface area contributed by atoms with Crippen molar-refractivity contribution in [2.45, 2.75) is 32.2 Å². The van der Waals surface area contributed by atoms with E-state index in [-0.39, 0.29) is 11.9 Å². The third-order valence-corrected chi connectivity index (χ3v) is 5.18. The van der Waals surface area contributed by atoms with Crippen molar-refractivity contribution < 1.29 is 4.79 Å². The Labute approximate surface area is 127 Å². The molecule has 0 spiro atoms. The van der Waals surface area contributed by atoms with Crippen LogP contribution in [0.5, 0.6) is 0 Å². The average Bonchev–Trinajstić information content (AvgIpc) is 2.99. The largest absolute Gasteiger partial charge is 0.345 e. The summed E-state index contributed by atoms with van der Waals surface area (Å²) in [5.74, 6) is 0.0202. The molecule has 2 aromatic rings. The molecule has 1 aromatic carbocycles. The van der Waals surface area contributed by atoms with Crippen molar-refractivity contribution in [2.75, 3.05) is 0 Å². The van der Waals surface area contributed by atoms with Gasteiger partial charge in [-0.1, -0.05) is 23.7 Å². The van der Waals surface area contributed by atoms with Crippen molar-refractivity contribution >= 4 is 28.8 Å². The highest BCUT2D eigenvalue weighted by molar-refractivity contribution is 7.14. The van der Waals surface area contributed by atoms with Gasteiger partial charge in [0.1, 0.15) is 0 Å². The van der Waals surface area contributed by atoms with Gasteiger partial charge in [0.25, 0.3) is 5.91 Å². The summed E-state index contributed by atoms with van der Waals surface area (Å²) in [5.41, 5.74) is 2.42. The summed E-state index contributed by atoms with van der Waals surface area (Å²) in [6.45, 7) is 1.99. The van der Waals surface area contributed by atoms with Gasteiger partial charge in [0.2, 0.25) is 0 Å². The van der Waals surface area contributed by atoms with E-state index in [0.29, 0.717) is 5.02 Å². The second-order valence-corrected chi connectivity index (χ2v) is 6.73. The van der Waals surface area contributed by atoms with Gasteiger partial charge in [-0.15, -0.1) is 11.3 Å². The topological polar surface area (TPSA) is 29.1 Å². The summed E-state index contributed by atoms with van der Waals surface area (Å²) in [6.07, 6.45) is 3.47. The zero-order chi connectivity index (χ0) is 14.1. The maximum absolute atomic E-state index is 12.3. The van der Waals surface area contributed by atoms with Crippen molar-refractivity contribution in [2.24, 2.45) is 0 Å². The molecular formula is C16H16ClNOS. The van der Waals surface area contributed by atoms with E-state index in [1.165, 1.54) is 16.9 Å². The number of fused-ring (bicyclic) bond motifs is 1. The summed E-state index contributed by atoms with van der Waals surface area (Å²) < 4.78 is 0. The summed E-state index contributed by atoms with van der Waals surface area (Å²) in [4.78, 5) is 14.5. The molecule has 0 radical (unpaired) electrons. The van der Waals surface area contributed by atoms with E-state index in [4.69, 9.17) is 11.6 Å².